The molecular formula is C22H19NO4. The third kappa shape index (κ3) is 5.19. The van der Waals surface area contributed by atoms with Gasteiger partial charge in [0, 0.05) is 17.7 Å². The summed E-state index contributed by atoms with van der Waals surface area (Å²) in [5, 5.41) is 11.6. The number of benzene rings is 3. The summed E-state index contributed by atoms with van der Waals surface area (Å²) in [6.45, 7) is 0.561. The van der Waals surface area contributed by atoms with E-state index in [9.17, 15) is 9.59 Å². The highest BCUT2D eigenvalue weighted by molar-refractivity contribution is 6.04. The minimum Gasteiger partial charge on any atom is -0.493 e. The van der Waals surface area contributed by atoms with Gasteiger partial charge in [0.1, 0.15) is 5.75 Å². The number of aromatic carboxylic acids is 1. The highest BCUT2D eigenvalue weighted by Gasteiger charge is 2.08. The summed E-state index contributed by atoms with van der Waals surface area (Å²) < 4.78 is 5.71. The summed E-state index contributed by atoms with van der Waals surface area (Å²) >= 11 is 0. The number of nitrogens with one attached hydrogen (secondary N) is 1. The molecular weight excluding hydrogens is 342 g/mol. The van der Waals surface area contributed by atoms with Crippen LogP contribution in [0.4, 0.5) is 5.69 Å². The Morgan fingerprint density at radius 3 is 2.07 bits per heavy atom. The number of rotatable bonds is 7. The lowest BCUT2D eigenvalue weighted by Crippen LogP contribution is -2.12. The molecule has 0 fully saturated rings. The summed E-state index contributed by atoms with van der Waals surface area (Å²) in [5.74, 6) is -0.571. The van der Waals surface area contributed by atoms with Crippen LogP contribution in [0, 0.1) is 0 Å². The van der Waals surface area contributed by atoms with E-state index in [0.29, 0.717) is 23.6 Å². The molecule has 0 heterocycles. The fraction of sp³-hybridized carbons (Fsp3) is 0.0909. The number of carbonyl (C=O) groups excluding carboxylic acids is 1. The summed E-state index contributed by atoms with van der Waals surface area (Å²) in [7, 11) is 0. The molecule has 0 aliphatic carbocycles. The zero-order valence-electron chi connectivity index (χ0n) is 14.6. The second-order valence-electron chi connectivity index (χ2n) is 5.95. The van der Waals surface area contributed by atoms with Crippen molar-refractivity contribution in [2.75, 3.05) is 11.9 Å². The maximum atomic E-state index is 12.3. The monoisotopic (exact) mass is 361 g/mol. The number of carboxylic acids is 1. The van der Waals surface area contributed by atoms with E-state index >= 15 is 0 Å². The molecule has 0 aromatic heterocycles. The van der Waals surface area contributed by atoms with Gasteiger partial charge in [0.05, 0.1) is 12.2 Å². The lowest BCUT2D eigenvalue weighted by atomic mass is 10.1. The van der Waals surface area contributed by atoms with Crippen molar-refractivity contribution in [1.82, 2.24) is 0 Å². The topological polar surface area (TPSA) is 75.6 Å². The molecule has 0 saturated heterocycles. The van der Waals surface area contributed by atoms with Crippen molar-refractivity contribution >= 4 is 17.6 Å². The molecule has 0 unspecified atom stereocenters. The first-order chi connectivity index (χ1) is 13.1. The van der Waals surface area contributed by atoms with Crippen molar-refractivity contribution in [2.45, 2.75) is 6.42 Å². The van der Waals surface area contributed by atoms with E-state index in [4.69, 9.17) is 9.84 Å². The van der Waals surface area contributed by atoms with E-state index in [-0.39, 0.29) is 11.5 Å². The number of hydrogen-bond acceptors (Lipinski definition) is 3. The van der Waals surface area contributed by atoms with Gasteiger partial charge >= 0.3 is 5.97 Å². The van der Waals surface area contributed by atoms with E-state index in [0.717, 1.165) is 6.42 Å². The normalized spacial score (nSPS) is 10.2. The van der Waals surface area contributed by atoms with Gasteiger partial charge in [-0.15, -0.1) is 0 Å². The Labute approximate surface area is 157 Å². The highest BCUT2D eigenvalue weighted by Crippen LogP contribution is 2.15. The Balaban J connectivity index is 1.53. The van der Waals surface area contributed by atoms with Crippen molar-refractivity contribution in [3.63, 3.8) is 0 Å². The third-order valence-electron chi connectivity index (χ3n) is 4.01. The largest absolute Gasteiger partial charge is 0.493 e. The molecule has 0 saturated carbocycles. The van der Waals surface area contributed by atoms with Gasteiger partial charge in [-0.25, -0.2) is 4.79 Å². The zero-order valence-corrected chi connectivity index (χ0v) is 14.6. The Bertz CT molecular complexity index is 903. The fourth-order valence-corrected chi connectivity index (χ4v) is 2.53. The van der Waals surface area contributed by atoms with Crippen molar-refractivity contribution in [1.29, 1.82) is 0 Å². The van der Waals surface area contributed by atoms with Crippen LogP contribution >= 0.6 is 0 Å². The predicted molar refractivity (Wildman–Crippen MR) is 103 cm³/mol. The average Bonchev–Trinajstić information content (AvgIpc) is 2.70. The smallest absolute Gasteiger partial charge is 0.335 e. The standard InChI is InChI=1S/C22H19NO4/c24-21(23-19-10-6-18(7-11-19)22(25)26)17-8-12-20(13-9-17)27-15-14-16-4-2-1-3-5-16/h1-13H,14-15H2,(H,23,24)(H,25,26). The summed E-state index contributed by atoms with van der Waals surface area (Å²) in [4.78, 5) is 23.1. The van der Waals surface area contributed by atoms with Crippen LogP contribution in [0.25, 0.3) is 0 Å². The van der Waals surface area contributed by atoms with Crippen molar-refractivity contribution in [3.8, 4) is 5.75 Å². The second-order valence-corrected chi connectivity index (χ2v) is 5.95. The first kappa shape index (κ1) is 18.2. The summed E-state index contributed by atoms with van der Waals surface area (Å²) in [6.07, 6.45) is 0.815. The maximum absolute atomic E-state index is 12.3. The van der Waals surface area contributed by atoms with Gasteiger partial charge in [0.2, 0.25) is 0 Å². The van der Waals surface area contributed by atoms with Crippen LogP contribution in [-0.4, -0.2) is 23.6 Å². The van der Waals surface area contributed by atoms with E-state index in [1.807, 2.05) is 18.2 Å². The first-order valence-corrected chi connectivity index (χ1v) is 8.53. The highest BCUT2D eigenvalue weighted by atomic mass is 16.5. The van der Waals surface area contributed by atoms with Gasteiger partial charge in [-0.3, -0.25) is 4.79 Å². The van der Waals surface area contributed by atoms with Crippen molar-refractivity contribution in [2.24, 2.45) is 0 Å². The van der Waals surface area contributed by atoms with Gasteiger partial charge in [-0.05, 0) is 54.1 Å². The summed E-state index contributed by atoms with van der Waals surface area (Å²) in [6, 6.07) is 23.0. The maximum Gasteiger partial charge on any atom is 0.335 e. The molecule has 5 nitrogen and oxygen atoms in total. The number of carboxylic acid groups (broad SMARTS) is 1. The van der Waals surface area contributed by atoms with Crippen LogP contribution in [-0.2, 0) is 6.42 Å². The minimum atomic E-state index is -1.00. The lowest BCUT2D eigenvalue weighted by molar-refractivity contribution is 0.0696. The van der Waals surface area contributed by atoms with Gasteiger partial charge < -0.3 is 15.2 Å². The predicted octanol–water partition coefficient (Wildman–Crippen LogP) is 4.26. The van der Waals surface area contributed by atoms with Crippen LogP contribution < -0.4 is 10.1 Å². The molecule has 0 aliphatic heterocycles. The third-order valence-corrected chi connectivity index (χ3v) is 4.01. The van der Waals surface area contributed by atoms with Crippen LogP contribution in [0.15, 0.2) is 78.9 Å². The Kier molecular flexibility index (Phi) is 5.84. The van der Waals surface area contributed by atoms with Gasteiger partial charge in [-0.2, -0.15) is 0 Å². The molecule has 1 amide bonds. The van der Waals surface area contributed by atoms with Crippen LogP contribution in [0.5, 0.6) is 5.75 Å². The molecule has 2 N–H and O–H groups in total. The van der Waals surface area contributed by atoms with Crippen LogP contribution in [0.2, 0.25) is 0 Å². The van der Waals surface area contributed by atoms with Gasteiger partial charge in [0.25, 0.3) is 5.91 Å². The first-order valence-electron chi connectivity index (χ1n) is 8.53. The lowest BCUT2D eigenvalue weighted by Gasteiger charge is -2.08. The Hall–Kier alpha value is -3.60. The van der Waals surface area contributed by atoms with E-state index in [2.05, 4.69) is 17.4 Å². The molecule has 3 aromatic carbocycles. The van der Waals surface area contributed by atoms with Crippen LogP contribution in [0.1, 0.15) is 26.3 Å². The average molecular weight is 361 g/mol. The molecule has 0 bridgehead atoms. The molecule has 0 aliphatic rings. The molecule has 3 rings (SSSR count). The number of carbonyl (C=O) groups is 2. The Morgan fingerprint density at radius 1 is 0.815 bits per heavy atom. The second kappa shape index (κ2) is 8.67. The van der Waals surface area contributed by atoms with Gasteiger partial charge in [-0.1, -0.05) is 30.3 Å². The molecule has 0 radical (unpaired) electrons. The zero-order chi connectivity index (χ0) is 19.1. The number of hydrogen-bond donors (Lipinski definition) is 2. The number of ether oxygens (including phenoxy) is 1. The molecule has 27 heavy (non-hydrogen) atoms. The molecule has 0 spiro atoms. The molecule has 136 valence electrons. The molecule has 0 atom stereocenters. The van der Waals surface area contributed by atoms with E-state index < -0.39 is 5.97 Å². The SMILES string of the molecule is O=C(O)c1ccc(NC(=O)c2ccc(OCCc3ccccc3)cc2)cc1. The number of anilines is 1. The van der Waals surface area contributed by atoms with E-state index in [1.165, 1.54) is 17.7 Å². The quantitative estimate of drug-likeness (QED) is 0.659. The van der Waals surface area contributed by atoms with E-state index in [1.54, 1.807) is 36.4 Å². The van der Waals surface area contributed by atoms with Crippen molar-refractivity contribution in [3.05, 3.63) is 95.6 Å². The number of amides is 1. The minimum absolute atomic E-state index is 0.171. The Morgan fingerprint density at radius 2 is 1.44 bits per heavy atom. The van der Waals surface area contributed by atoms with Crippen LogP contribution in [0.3, 0.4) is 0 Å². The van der Waals surface area contributed by atoms with Crippen molar-refractivity contribution < 1.29 is 19.4 Å². The fourth-order valence-electron chi connectivity index (χ4n) is 2.53. The summed E-state index contributed by atoms with van der Waals surface area (Å²) in [5.41, 5.74) is 2.41. The molecule has 3 aromatic rings. The van der Waals surface area contributed by atoms with Gasteiger partial charge in [0.15, 0.2) is 0 Å². The molecule has 5 heteroatoms.